The highest BCUT2D eigenvalue weighted by Gasteiger charge is 2.17. The number of aromatic nitrogens is 1. The number of nitrogens with zero attached hydrogens (tertiary/aromatic N) is 1. The van der Waals surface area contributed by atoms with Gasteiger partial charge in [0.15, 0.2) is 0 Å². The molecule has 0 atom stereocenters. The molecule has 0 saturated heterocycles. The Morgan fingerprint density at radius 3 is 2.36 bits per heavy atom. The smallest absolute Gasteiger partial charge is 0.255 e. The van der Waals surface area contributed by atoms with Crippen LogP contribution in [-0.2, 0) is 6.61 Å². The van der Waals surface area contributed by atoms with Crippen molar-refractivity contribution in [2.75, 3.05) is 5.32 Å². The molecule has 1 heterocycles. The Morgan fingerprint density at radius 1 is 1.07 bits per heavy atom. The molecule has 5 heteroatoms. The topological polar surface area (TPSA) is 51.2 Å². The van der Waals surface area contributed by atoms with E-state index in [0.29, 0.717) is 29.8 Å². The molecule has 3 aromatic rings. The summed E-state index contributed by atoms with van der Waals surface area (Å²) in [5, 5.41) is 5.10. The minimum Gasteiger partial charge on any atom is -0.487 e. The molecule has 1 amide bonds. The zero-order valence-corrected chi connectivity index (χ0v) is 17.5. The molecular weight excluding hydrogens is 368 g/mol. The fourth-order valence-electron chi connectivity index (χ4n) is 3.07. The number of carbonyl (C=O) groups excluding carboxylic acids is 1. The van der Waals surface area contributed by atoms with Gasteiger partial charge in [-0.1, -0.05) is 52.0 Å². The van der Waals surface area contributed by atoms with Gasteiger partial charge in [-0.3, -0.25) is 4.79 Å². The molecule has 0 aliphatic heterocycles. The molecule has 1 aromatic heterocycles. The quantitative estimate of drug-likeness (QED) is 0.517. The molecule has 1 N–H and O–H groups in total. The van der Waals surface area contributed by atoms with Gasteiger partial charge in [-0.2, -0.15) is 0 Å². The third-order valence-electron chi connectivity index (χ3n) is 4.58. The molecular formula is C23H26N2O2S. The second-order valence-corrected chi connectivity index (χ2v) is 8.09. The summed E-state index contributed by atoms with van der Waals surface area (Å²) in [5.74, 6) is 1.17. The van der Waals surface area contributed by atoms with E-state index in [-0.39, 0.29) is 5.91 Å². The van der Waals surface area contributed by atoms with Gasteiger partial charge in [0.05, 0.1) is 11.2 Å². The number of benzene rings is 2. The molecule has 0 spiro atoms. The number of anilines is 1. The van der Waals surface area contributed by atoms with Crippen LogP contribution in [0.4, 0.5) is 5.69 Å². The second-order valence-electron chi connectivity index (χ2n) is 7.37. The third kappa shape index (κ3) is 4.78. The van der Waals surface area contributed by atoms with Crippen LogP contribution in [0.25, 0.3) is 0 Å². The van der Waals surface area contributed by atoms with Crippen LogP contribution >= 0.6 is 11.3 Å². The molecule has 2 aromatic carbocycles. The average Bonchev–Trinajstić information content (AvgIpc) is 3.20. The van der Waals surface area contributed by atoms with Crippen molar-refractivity contribution in [2.45, 2.75) is 46.1 Å². The third-order valence-corrected chi connectivity index (χ3v) is 5.21. The number of carbonyl (C=O) groups is 1. The van der Waals surface area contributed by atoms with Gasteiger partial charge in [-0.15, -0.1) is 11.3 Å². The largest absolute Gasteiger partial charge is 0.487 e. The molecule has 0 bridgehead atoms. The fraction of sp³-hybridized carbons (Fsp3) is 0.304. The number of ether oxygens (including phenoxy) is 1. The molecule has 0 radical (unpaired) electrons. The van der Waals surface area contributed by atoms with Gasteiger partial charge in [0, 0.05) is 16.6 Å². The molecule has 0 unspecified atom stereocenters. The van der Waals surface area contributed by atoms with E-state index in [4.69, 9.17) is 4.74 Å². The number of para-hydroxylation sites is 1. The first-order valence-corrected chi connectivity index (χ1v) is 10.4. The summed E-state index contributed by atoms with van der Waals surface area (Å²) in [6, 6.07) is 13.5. The van der Waals surface area contributed by atoms with Crippen LogP contribution < -0.4 is 10.1 Å². The minimum absolute atomic E-state index is 0.130. The van der Waals surface area contributed by atoms with E-state index >= 15 is 0 Å². The van der Waals surface area contributed by atoms with Crippen molar-refractivity contribution in [3.05, 3.63) is 75.7 Å². The van der Waals surface area contributed by atoms with E-state index in [1.54, 1.807) is 17.6 Å². The number of amides is 1. The number of hydrogen-bond acceptors (Lipinski definition) is 4. The highest BCUT2D eigenvalue weighted by atomic mass is 32.1. The van der Waals surface area contributed by atoms with E-state index in [2.05, 4.69) is 56.2 Å². The Balaban J connectivity index is 1.81. The van der Waals surface area contributed by atoms with Gasteiger partial charge < -0.3 is 10.1 Å². The zero-order valence-electron chi connectivity index (χ0n) is 16.7. The molecule has 0 saturated carbocycles. The van der Waals surface area contributed by atoms with Crippen molar-refractivity contribution >= 4 is 22.9 Å². The maximum atomic E-state index is 13.0. The lowest BCUT2D eigenvalue weighted by molar-refractivity contribution is 0.102. The van der Waals surface area contributed by atoms with Gasteiger partial charge in [0.25, 0.3) is 5.91 Å². The van der Waals surface area contributed by atoms with Crippen LogP contribution in [0.5, 0.6) is 5.75 Å². The predicted octanol–water partition coefficient (Wildman–Crippen LogP) is 6.22. The Labute approximate surface area is 170 Å². The van der Waals surface area contributed by atoms with E-state index in [1.165, 1.54) is 11.3 Å². The lowest BCUT2D eigenvalue weighted by atomic mass is 9.92. The van der Waals surface area contributed by atoms with Crippen LogP contribution in [0.3, 0.4) is 0 Å². The highest BCUT2D eigenvalue weighted by molar-refractivity contribution is 7.07. The van der Waals surface area contributed by atoms with E-state index in [1.807, 2.05) is 17.5 Å². The molecule has 4 nitrogen and oxygen atoms in total. The van der Waals surface area contributed by atoms with Crippen molar-refractivity contribution in [1.82, 2.24) is 4.98 Å². The number of thiazole rings is 1. The van der Waals surface area contributed by atoms with Crippen LogP contribution in [0.15, 0.2) is 53.4 Å². The molecule has 28 heavy (non-hydrogen) atoms. The summed E-state index contributed by atoms with van der Waals surface area (Å²) in [7, 11) is 0. The molecule has 146 valence electrons. The van der Waals surface area contributed by atoms with Crippen molar-refractivity contribution in [1.29, 1.82) is 0 Å². The monoisotopic (exact) mass is 394 g/mol. The summed E-state index contributed by atoms with van der Waals surface area (Å²) in [6.45, 7) is 8.95. The van der Waals surface area contributed by atoms with Crippen LogP contribution in [0, 0.1) is 0 Å². The van der Waals surface area contributed by atoms with Crippen LogP contribution in [-0.4, -0.2) is 10.9 Å². The Hall–Kier alpha value is -2.66. The molecule has 0 aliphatic rings. The van der Waals surface area contributed by atoms with E-state index in [9.17, 15) is 4.79 Å². The first-order chi connectivity index (χ1) is 13.5. The normalized spacial score (nSPS) is 11.1. The zero-order chi connectivity index (χ0) is 20.1. The van der Waals surface area contributed by atoms with Crippen molar-refractivity contribution in [3.63, 3.8) is 0 Å². The molecule has 3 rings (SSSR count). The van der Waals surface area contributed by atoms with Gasteiger partial charge in [-0.25, -0.2) is 4.98 Å². The summed E-state index contributed by atoms with van der Waals surface area (Å²) in [4.78, 5) is 17.2. The molecule has 0 aliphatic carbocycles. The maximum absolute atomic E-state index is 13.0. The van der Waals surface area contributed by atoms with Crippen molar-refractivity contribution < 1.29 is 9.53 Å². The standard InChI is InChI=1S/C23H26N2O2S/c1-15(2)20-9-6-10-21(16(3)4)22(20)25-23(26)17-7-5-8-19(11-17)27-12-18-13-28-14-24-18/h5-11,13-16H,12H2,1-4H3,(H,25,26). The Morgan fingerprint density at radius 2 is 1.75 bits per heavy atom. The van der Waals surface area contributed by atoms with Gasteiger partial charge in [0.1, 0.15) is 12.4 Å². The second kappa shape index (κ2) is 9.02. The average molecular weight is 395 g/mol. The summed E-state index contributed by atoms with van der Waals surface area (Å²) in [5.41, 5.74) is 6.45. The highest BCUT2D eigenvalue weighted by Crippen LogP contribution is 2.32. The van der Waals surface area contributed by atoms with Gasteiger partial charge in [-0.05, 0) is 41.2 Å². The fourth-order valence-corrected chi connectivity index (χ4v) is 3.62. The van der Waals surface area contributed by atoms with Gasteiger partial charge >= 0.3 is 0 Å². The predicted molar refractivity (Wildman–Crippen MR) is 115 cm³/mol. The maximum Gasteiger partial charge on any atom is 0.255 e. The summed E-state index contributed by atoms with van der Waals surface area (Å²) < 4.78 is 5.78. The Bertz CT molecular complexity index is 907. The lowest BCUT2D eigenvalue weighted by Crippen LogP contribution is -2.16. The van der Waals surface area contributed by atoms with E-state index in [0.717, 1.165) is 22.5 Å². The van der Waals surface area contributed by atoms with Gasteiger partial charge in [0.2, 0.25) is 0 Å². The van der Waals surface area contributed by atoms with Crippen molar-refractivity contribution in [2.24, 2.45) is 0 Å². The first kappa shape index (κ1) is 20.1. The summed E-state index contributed by atoms with van der Waals surface area (Å²) in [6.07, 6.45) is 0. The first-order valence-electron chi connectivity index (χ1n) is 9.49. The van der Waals surface area contributed by atoms with E-state index < -0.39 is 0 Å². The number of hydrogen-bond donors (Lipinski definition) is 1. The SMILES string of the molecule is CC(C)c1cccc(C(C)C)c1NC(=O)c1cccc(OCc2cscn2)c1. The molecule has 0 fully saturated rings. The van der Waals surface area contributed by atoms with Crippen LogP contribution in [0.1, 0.15) is 66.7 Å². The summed E-state index contributed by atoms with van der Waals surface area (Å²) >= 11 is 1.54. The number of nitrogens with one attached hydrogen (secondary N) is 1. The Kier molecular flexibility index (Phi) is 6.47. The van der Waals surface area contributed by atoms with Crippen molar-refractivity contribution in [3.8, 4) is 5.75 Å². The minimum atomic E-state index is -0.130. The lowest BCUT2D eigenvalue weighted by Gasteiger charge is -2.20. The number of rotatable bonds is 7. The van der Waals surface area contributed by atoms with Crippen LogP contribution in [0.2, 0.25) is 0 Å².